The number of aryl methyl sites for hydroxylation is 1. The molecule has 1 aromatic carbocycles. The Morgan fingerprint density at radius 1 is 1.19 bits per heavy atom. The lowest BCUT2D eigenvalue weighted by Crippen LogP contribution is -2.41. The Morgan fingerprint density at radius 3 is 2.24 bits per heavy atom. The van der Waals surface area contributed by atoms with E-state index in [9.17, 15) is 4.79 Å². The highest BCUT2D eigenvalue weighted by Crippen LogP contribution is 2.36. The maximum Gasteiger partial charge on any atom is 0.495 e. The maximum absolute atomic E-state index is 11.8. The number of rotatable bonds is 3. The molecule has 0 N–H and O–H groups in total. The molecule has 1 aliphatic rings. The average Bonchev–Trinajstić information content (AvgIpc) is 2.58. The molecule has 0 bridgehead atoms. The monoisotopic (exact) mass is 290 g/mol. The van der Waals surface area contributed by atoms with E-state index in [2.05, 4.69) is 0 Å². The summed E-state index contributed by atoms with van der Waals surface area (Å²) in [5, 5.41) is 0. The van der Waals surface area contributed by atoms with E-state index in [0.29, 0.717) is 12.2 Å². The second kappa shape index (κ2) is 5.46. The van der Waals surface area contributed by atoms with Gasteiger partial charge in [-0.3, -0.25) is 0 Å². The van der Waals surface area contributed by atoms with Crippen molar-refractivity contribution in [1.29, 1.82) is 0 Å². The first-order chi connectivity index (χ1) is 9.68. The number of benzene rings is 1. The van der Waals surface area contributed by atoms with Crippen molar-refractivity contribution in [3.05, 3.63) is 29.3 Å². The molecule has 4 nitrogen and oxygen atoms in total. The van der Waals surface area contributed by atoms with Crippen molar-refractivity contribution in [2.75, 3.05) is 6.61 Å². The van der Waals surface area contributed by atoms with Crippen molar-refractivity contribution in [3.63, 3.8) is 0 Å². The van der Waals surface area contributed by atoms with Crippen LogP contribution in [-0.4, -0.2) is 30.9 Å². The Morgan fingerprint density at radius 2 is 1.76 bits per heavy atom. The molecule has 0 radical (unpaired) electrons. The van der Waals surface area contributed by atoms with Gasteiger partial charge in [0.2, 0.25) is 0 Å². The highest BCUT2D eigenvalue weighted by atomic mass is 16.7. The molecule has 0 atom stereocenters. The first-order valence-electron chi connectivity index (χ1n) is 7.31. The zero-order valence-corrected chi connectivity index (χ0v) is 13.6. The van der Waals surface area contributed by atoms with Crippen molar-refractivity contribution >= 4 is 18.6 Å². The molecule has 0 spiro atoms. The van der Waals surface area contributed by atoms with Crippen LogP contribution in [0.1, 0.15) is 50.5 Å². The Hall–Kier alpha value is -1.33. The highest BCUT2D eigenvalue weighted by Gasteiger charge is 2.52. The van der Waals surface area contributed by atoms with Gasteiger partial charge in [0, 0.05) is 0 Å². The van der Waals surface area contributed by atoms with Gasteiger partial charge in [-0.05, 0) is 59.1 Å². The summed E-state index contributed by atoms with van der Waals surface area (Å²) in [7, 11) is -0.411. The zero-order chi connectivity index (χ0) is 15.8. The summed E-state index contributed by atoms with van der Waals surface area (Å²) >= 11 is 0. The molecule has 1 heterocycles. The van der Waals surface area contributed by atoms with Gasteiger partial charge >= 0.3 is 13.1 Å². The molecule has 2 rings (SSSR count). The standard InChI is InChI=1S/C16H23BO4/c1-7-19-14(18)12-8-9-13(11(2)10-12)17-20-15(3,4)16(5,6)21-17/h8-10H,7H2,1-6H3. The molecule has 0 aliphatic carbocycles. The number of carbonyl (C=O) groups excluding carboxylic acids is 1. The van der Waals surface area contributed by atoms with Crippen molar-refractivity contribution < 1.29 is 18.8 Å². The number of hydrogen-bond donors (Lipinski definition) is 0. The van der Waals surface area contributed by atoms with Gasteiger partial charge < -0.3 is 14.0 Å². The van der Waals surface area contributed by atoms with Gasteiger partial charge in [-0.25, -0.2) is 4.79 Å². The predicted molar refractivity (Wildman–Crippen MR) is 82.9 cm³/mol. The molecule has 21 heavy (non-hydrogen) atoms. The minimum atomic E-state index is -0.411. The fourth-order valence-corrected chi connectivity index (χ4v) is 2.25. The highest BCUT2D eigenvalue weighted by molar-refractivity contribution is 6.62. The van der Waals surface area contributed by atoms with E-state index >= 15 is 0 Å². The number of hydrogen-bond acceptors (Lipinski definition) is 4. The summed E-state index contributed by atoms with van der Waals surface area (Å²) in [5.74, 6) is -0.305. The lowest BCUT2D eigenvalue weighted by atomic mass is 9.76. The van der Waals surface area contributed by atoms with Crippen LogP contribution in [0.25, 0.3) is 0 Å². The molecule has 1 fully saturated rings. The second-order valence-corrected chi connectivity index (χ2v) is 6.38. The number of carbonyl (C=O) groups is 1. The maximum atomic E-state index is 11.8. The first-order valence-corrected chi connectivity index (χ1v) is 7.31. The summed E-state index contributed by atoms with van der Waals surface area (Å²) < 4.78 is 17.1. The third-order valence-corrected chi connectivity index (χ3v) is 4.29. The first kappa shape index (κ1) is 16.1. The van der Waals surface area contributed by atoms with Crippen LogP contribution in [-0.2, 0) is 14.0 Å². The van der Waals surface area contributed by atoms with Crippen LogP contribution in [0.3, 0.4) is 0 Å². The minimum Gasteiger partial charge on any atom is -0.462 e. The van der Waals surface area contributed by atoms with Gasteiger partial charge in [0.05, 0.1) is 23.4 Å². The van der Waals surface area contributed by atoms with E-state index in [4.69, 9.17) is 14.0 Å². The van der Waals surface area contributed by atoms with Crippen molar-refractivity contribution in [1.82, 2.24) is 0 Å². The van der Waals surface area contributed by atoms with E-state index in [1.165, 1.54) is 0 Å². The van der Waals surface area contributed by atoms with Gasteiger partial charge in [-0.15, -0.1) is 0 Å². The fourth-order valence-electron chi connectivity index (χ4n) is 2.25. The molecule has 114 valence electrons. The topological polar surface area (TPSA) is 44.8 Å². The van der Waals surface area contributed by atoms with Crippen LogP contribution < -0.4 is 5.46 Å². The molecule has 0 aromatic heterocycles. The van der Waals surface area contributed by atoms with Crippen LogP contribution in [0, 0.1) is 6.92 Å². The van der Waals surface area contributed by atoms with Crippen LogP contribution >= 0.6 is 0 Å². The molecule has 1 aromatic rings. The quantitative estimate of drug-likeness (QED) is 0.633. The van der Waals surface area contributed by atoms with Crippen molar-refractivity contribution in [2.24, 2.45) is 0 Å². The second-order valence-electron chi connectivity index (χ2n) is 6.38. The van der Waals surface area contributed by atoms with E-state index in [1.54, 1.807) is 13.0 Å². The van der Waals surface area contributed by atoms with Crippen LogP contribution in [0.2, 0.25) is 0 Å². The third-order valence-electron chi connectivity index (χ3n) is 4.29. The summed E-state index contributed by atoms with van der Waals surface area (Å²) in [6.45, 7) is 12.2. The Labute approximate surface area is 126 Å². The van der Waals surface area contributed by atoms with Crippen LogP contribution in [0.5, 0.6) is 0 Å². The summed E-state index contributed by atoms with van der Waals surface area (Å²) in [6.07, 6.45) is 0. The molecule has 0 unspecified atom stereocenters. The van der Waals surface area contributed by atoms with Gasteiger partial charge in [0.1, 0.15) is 0 Å². The molecule has 1 aliphatic heterocycles. The summed E-state index contributed by atoms with van der Waals surface area (Å²) in [6, 6.07) is 5.45. The Bertz CT molecular complexity index is 535. The van der Waals surface area contributed by atoms with E-state index in [1.807, 2.05) is 46.8 Å². The van der Waals surface area contributed by atoms with Crippen LogP contribution in [0.15, 0.2) is 18.2 Å². The molecular formula is C16H23BO4. The number of ether oxygens (including phenoxy) is 1. The molecule has 1 saturated heterocycles. The Kier molecular flexibility index (Phi) is 4.18. The SMILES string of the molecule is CCOC(=O)c1ccc(B2OC(C)(C)C(C)(C)O2)c(C)c1. The molecule has 5 heteroatoms. The zero-order valence-electron chi connectivity index (χ0n) is 13.6. The van der Waals surface area contributed by atoms with E-state index < -0.39 is 7.12 Å². The smallest absolute Gasteiger partial charge is 0.462 e. The third kappa shape index (κ3) is 2.99. The fraction of sp³-hybridized carbons (Fsp3) is 0.562. The van der Waals surface area contributed by atoms with Crippen molar-refractivity contribution in [2.45, 2.75) is 52.7 Å². The van der Waals surface area contributed by atoms with E-state index in [-0.39, 0.29) is 17.2 Å². The molecule has 0 saturated carbocycles. The van der Waals surface area contributed by atoms with Gasteiger partial charge in [0.25, 0.3) is 0 Å². The Balaban J connectivity index is 2.25. The van der Waals surface area contributed by atoms with E-state index in [0.717, 1.165) is 11.0 Å². The lowest BCUT2D eigenvalue weighted by Gasteiger charge is -2.32. The molecule has 0 amide bonds. The summed E-state index contributed by atoms with van der Waals surface area (Å²) in [5.41, 5.74) is 1.71. The largest absolute Gasteiger partial charge is 0.495 e. The average molecular weight is 290 g/mol. The normalized spacial score (nSPS) is 19.6. The lowest BCUT2D eigenvalue weighted by molar-refractivity contribution is 0.00578. The molecular weight excluding hydrogens is 267 g/mol. The van der Waals surface area contributed by atoms with Crippen LogP contribution in [0.4, 0.5) is 0 Å². The van der Waals surface area contributed by atoms with Gasteiger partial charge in [-0.1, -0.05) is 11.6 Å². The van der Waals surface area contributed by atoms with Crippen molar-refractivity contribution in [3.8, 4) is 0 Å². The number of esters is 1. The van der Waals surface area contributed by atoms with Gasteiger partial charge in [0.15, 0.2) is 0 Å². The predicted octanol–water partition coefficient (Wildman–Crippen LogP) is 2.47. The minimum absolute atomic E-state index is 0.305. The summed E-state index contributed by atoms with van der Waals surface area (Å²) in [4.78, 5) is 11.8. The van der Waals surface area contributed by atoms with Gasteiger partial charge in [-0.2, -0.15) is 0 Å².